The lowest BCUT2D eigenvalue weighted by Crippen LogP contribution is -2.29. The van der Waals surface area contributed by atoms with Gasteiger partial charge in [0, 0.05) is 35.6 Å². The van der Waals surface area contributed by atoms with E-state index in [-0.39, 0.29) is 5.91 Å². The van der Waals surface area contributed by atoms with Crippen LogP contribution in [0.1, 0.15) is 34.1 Å². The van der Waals surface area contributed by atoms with Gasteiger partial charge in [-0.25, -0.2) is 0 Å². The largest absolute Gasteiger partial charge is 0.488 e. The Morgan fingerprint density at radius 1 is 1.14 bits per heavy atom. The molecule has 0 fully saturated rings. The highest BCUT2D eigenvalue weighted by Crippen LogP contribution is 2.42. The first-order valence-electron chi connectivity index (χ1n) is 10.1. The number of carbonyl (C=O) groups is 1. The monoisotopic (exact) mass is 406 g/mol. The van der Waals surface area contributed by atoms with Gasteiger partial charge in [0.15, 0.2) is 0 Å². The van der Waals surface area contributed by atoms with E-state index in [1.54, 1.807) is 11.3 Å². The van der Waals surface area contributed by atoms with Gasteiger partial charge in [0.05, 0.1) is 4.88 Å². The van der Waals surface area contributed by atoms with E-state index in [2.05, 4.69) is 47.5 Å². The molecule has 0 saturated heterocycles. The quantitative estimate of drug-likeness (QED) is 0.538. The minimum atomic E-state index is 0.00740. The number of ether oxygens (including phenoxy) is 1. The zero-order chi connectivity index (χ0) is 20.1. The molecule has 1 N–H and O–H groups in total. The predicted molar refractivity (Wildman–Crippen MR) is 118 cm³/mol. The standard InChI is InChI=1S/C24H26N2O2S/c1-2-26(16-18-9-4-3-5-10-18)14-8-13-25-24(27)22-15-19-17-28-21-12-7-6-11-20(21)23(19)29-22/h3-7,9-12,15H,2,8,13-14,16-17H2,1H3,(H,25,27). The van der Waals surface area contributed by atoms with E-state index in [9.17, 15) is 4.79 Å². The van der Waals surface area contributed by atoms with E-state index in [1.165, 1.54) is 5.56 Å². The minimum absolute atomic E-state index is 0.00740. The molecule has 4 rings (SSSR count). The maximum atomic E-state index is 12.6. The first-order valence-corrected chi connectivity index (χ1v) is 11.0. The summed E-state index contributed by atoms with van der Waals surface area (Å²) in [5, 5.41) is 3.08. The third-order valence-electron chi connectivity index (χ3n) is 5.18. The molecule has 3 aromatic rings. The predicted octanol–water partition coefficient (Wildman–Crippen LogP) is 4.95. The molecule has 2 heterocycles. The van der Waals surface area contributed by atoms with E-state index >= 15 is 0 Å². The van der Waals surface area contributed by atoms with Crippen LogP contribution in [0, 0.1) is 0 Å². The number of hydrogen-bond acceptors (Lipinski definition) is 4. The molecule has 29 heavy (non-hydrogen) atoms. The molecule has 5 heteroatoms. The molecule has 0 aliphatic carbocycles. The third kappa shape index (κ3) is 4.69. The number of thiophene rings is 1. The molecule has 0 radical (unpaired) electrons. The number of para-hydroxylation sites is 1. The fourth-order valence-corrected chi connectivity index (χ4v) is 4.71. The summed E-state index contributed by atoms with van der Waals surface area (Å²) in [4.78, 5) is 16.9. The number of carbonyl (C=O) groups excluding carboxylic acids is 1. The Morgan fingerprint density at radius 3 is 2.76 bits per heavy atom. The average Bonchev–Trinajstić information content (AvgIpc) is 3.21. The van der Waals surface area contributed by atoms with Crippen molar-refractivity contribution in [3.05, 3.63) is 76.7 Å². The SMILES string of the molecule is CCN(CCCNC(=O)c1cc2c(s1)-c1ccccc1OC2)Cc1ccccc1. The molecule has 1 aliphatic rings. The van der Waals surface area contributed by atoms with Crippen LogP contribution in [-0.4, -0.2) is 30.4 Å². The van der Waals surface area contributed by atoms with E-state index < -0.39 is 0 Å². The first kappa shape index (κ1) is 19.7. The molecule has 1 amide bonds. The molecular weight excluding hydrogens is 380 g/mol. The summed E-state index contributed by atoms with van der Waals surface area (Å²) >= 11 is 1.55. The van der Waals surface area contributed by atoms with Gasteiger partial charge in [-0.1, -0.05) is 49.4 Å². The molecule has 0 unspecified atom stereocenters. The molecule has 0 saturated carbocycles. The normalized spacial score (nSPS) is 12.2. The Labute approximate surface area is 176 Å². The van der Waals surface area contributed by atoms with Gasteiger partial charge in [-0.15, -0.1) is 11.3 Å². The van der Waals surface area contributed by atoms with Crippen LogP contribution >= 0.6 is 11.3 Å². The van der Waals surface area contributed by atoms with Gasteiger partial charge in [-0.05, 0) is 36.7 Å². The molecule has 0 bridgehead atoms. The van der Waals surface area contributed by atoms with Crippen molar-refractivity contribution in [1.29, 1.82) is 0 Å². The van der Waals surface area contributed by atoms with Crippen molar-refractivity contribution in [2.24, 2.45) is 0 Å². The van der Waals surface area contributed by atoms with Gasteiger partial charge in [-0.3, -0.25) is 9.69 Å². The number of amides is 1. The van der Waals surface area contributed by atoms with Crippen LogP contribution < -0.4 is 10.1 Å². The Bertz CT molecular complexity index is 968. The fraction of sp³-hybridized carbons (Fsp3) is 0.292. The maximum absolute atomic E-state index is 12.6. The lowest BCUT2D eigenvalue weighted by molar-refractivity contribution is 0.0955. The van der Waals surface area contributed by atoms with Crippen LogP contribution in [0.3, 0.4) is 0 Å². The van der Waals surface area contributed by atoms with Crippen molar-refractivity contribution in [2.75, 3.05) is 19.6 Å². The summed E-state index contributed by atoms with van der Waals surface area (Å²) in [6.45, 7) is 6.30. The fourth-order valence-electron chi connectivity index (χ4n) is 3.59. The number of nitrogens with one attached hydrogen (secondary N) is 1. The van der Waals surface area contributed by atoms with Crippen molar-refractivity contribution < 1.29 is 9.53 Å². The molecule has 1 aromatic heterocycles. The van der Waals surface area contributed by atoms with Gasteiger partial charge < -0.3 is 10.1 Å². The highest BCUT2D eigenvalue weighted by Gasteiger charge is 2.22. The van der Waals surface area contributed by atoms with Crippen LogP contribution in [0.25, 0.3) is 10.4 Å². The second-order valence-corrected chi connectivity index (χ2v) is 8.27. The highest BCUT2D eigenvalue weighted by atomic mass is 32.1. The van der Waals surface area contributed by atoms with E-state index in [1.807, 2.05) is 30.3 Å². The lowest BCUT2D eigenvalue weighted by Gasteiger charge is -2.20. The van der Waals surface area contributed by atoms with Crippen molar-refractivity contribution in [1.82, 2.24) is 10.2 Å². The first-order chi connectivity index (χ1) is 14.2. The van der Waals surface area contributed by atoms with Crippen molar-refractivity contribution in [3.8, 4) is 16.2 Å². The molecule has 0 spiro atoms. The molecule has 0 atom stereocenters. The van der Waals surface area contributed by atoms with Gasteiger partial charge >= 0.3 is 0 Å². The minimum Gasteiger partial charge on any atom is -0.488 e. The van der Waals surface area contributed by atoms with Crippen LogP contribution in [0.4, 0.5) is 0 Å². The number of nitrogens with zero attached hydrogens (tertiary/aromatic N) is 1. The molecule has 4 nitrogen and oxygen atoms in total. The van der Waals surface area contributed by atoms with Crippen LogP contribution in [0.5, 0.6) is 5.75 Å². The second-order valence-electron chi connectivity index (χ2n) is 7.21. The van der Waals surface area contributed by atoms with Gasteiger partial charge in [-0.2, -0.15) is 0 Å². The average molecular weight is 407 g/mol. The Balaban J connectivity index is 1.29. The molecule has 1 aliphatic heterocycles. The summed E-state index contributed by atoms with van der Waals surface area (Å²) in [5.74, 6) is 0.903. The van der Waals surface area contributed by atoms with Crippen molar-refractivity contribution in [2.45, 2.75) is 26.5 Å². The van der Waals surface area contributed by atoms with E-state index in [0.29, 0.717) is 13.2 Å². The maximum Gasteiger partial charge on any atom is 0.261 e. The highest BCUT2D eigenvalue weighted by molar-refractivity contribution is 7.17. The summed E-state index contributed by atoms with van der Waals surface area (Å²) in [7, 11) is 0. The Morgan fingerprint density at radius 2 is 1.93 bits per heavy atom. The topological polar surface area (TPSA) is 41.6 Å². The zero-order valence-electron chi connectivity index (χ0n) is 16.7. The Kier molecular flexibility index (Phi) is 6.27. The van der Waals surface area contributed by atoms with Crippen molar-refractivity contribution in [3.63, 3.8) is 0 Å². The van der Waals surface area contributed by atoms with Crippen LogP contribution in [-0.2, 0) is 13.2 Å². The van der Waals surface area contributed by atoms with Gasteiger partial charge in [0.1, 0.15) is 12.4 Å². The van der Waals surface area contributed by atoms with Crippen LogP contribution in [0.15, 0.2) is 60.7 Å². The third-order valence-corrected chi connectivity index (χ3v) is 6.39. The zero-order valence-corrected chi connectivity index (χ0v) is 17.5. The molecular formula is C24H26N2O2S. The van der Waals surface area contributed by atoms with Gasteiger partial charge in [0.2, 0.25) is 0 Å². The van der Waals surface area contributed by atoms with Gasteiger partial charge in [0.25, 0.3) is 5.91 Å². The summed E-state index contributed by atoms with van der Waals surface area (Å²) in [5.41, 5.74) is 3.50. The summed E-state index contributed by atoms with van der Waals surface area (Å²) in [6, 6.07) is 20.5. The van der Waals surface area contributed by atoms with E-state index in [4.69, 9.17) is 4.74 Å². The second kappa shape index (κ2) is 9.25. The smallest absolute Gasteiger partial charge is 0.261 e. The number of hydrogen-bond donors (Lipinski definition) is 1. The van der Waals surface area contributed by atoms with Crippen LogP contribution in [0.2, 0.25) is 0 Å². The number of rotatable bonds is 8. The lowest BCUT2D eigenvalue weighted by atomic mass is 10.1. The number of fused-ring (bicyclic) bond motifs is 3. The molecule has 2 aromatic carbocycles. The van der Waals surface area contributed by atoms with Crippen molar-refractivity contribution >= 4 is 17.2 Å². The summed E-state index contributed by atoms with van der Waals surface area (Å²) < 4.78 is 5.80. The number of benzene rings is 2. The summed E-state index contributed by atoms with van der Waals surface area (Å²) in [6.07, 6.45) is 0.934. The molecule has 150 valence electrons. The van der Waals surface area contributed by atoms with E-state index in [0.717, 1.165) is 52.7 Å². The Hall–Kier alpha value is -2.63.